The zero-order chi connectivity index (χ0) is 14.7. The number of hydrogen-bond donors (Lipinski definition) is 1. The van der Waals surface area contributed by atoms with Crippen LogP contribution in [-0.4, -0.2) is 18.2 Å². The number of halogens is 1. The molecule has 1 atom stereocenters. The van der Waals surface area contributed by atoms with Gasteiger partial charge in [0.25, 0.3) is 0 Å². The fourth-order valence-corrected chi connectivity index (χ4v) is 1.81. The highest BCUT2D eigenvalue weighted by molar-refractivity contribution is 6.30. The predicted octanol–water partition coefficient (Wildman–Crippen LogP) is 3.36. The lowest BCUT2D eigenvalue weighted by Gasteiger charge is -2.09. The first-order valence-electron chi connectivity index (χ1n) is 5.83. The summed E-state index contributed by atoms with van der Waals surface area (Å²) in [5.74, 6) is 0.112. The van der Waals surface area contributed by atoms with Gasteiger partial charge < -0.3 is 14.3 Å². The minimum Gasteiger partial charge on any atom is -0.466 e. The van der Waals surface area contributed by atoms with E-state index in [9.17, 15) is 9.90 Å². The number of aliphatic hydroxyl groups is 1. The average molecular weight is 293 g/mol. The summed E-state index contributed by atoms with van der Waals surface area (Å²) in [5, 5.41) is 10.6. The number of furan rings is 1. The lowest BCUT2D eigenvalue weighted by Crippen LogP contribution is -2.11. The van der Waals surface area contributed by atoms with Crippen LogP contribution in [0.4, 0.5) is 0 Å². The number of carbonyl (C=O) groups is 1. The van der Waals surface area contributed by atoms with Crippen LogP contribution in [0.15, 0.2) is 53.0 Å². The third kappa shape index (κ3) is 2.92. The summed E-state index contributed by atoms with van der Waals surface area (Å²) in [6, 6.07) is 10.4. The van der Waals surface area contributed by atoms with Crippen LogP contribution in [-0.2, 0) is 9.53 Å². The molecule has 1 N–H and O–H groups in total. The molecule has 0 radical (unpaired) electrons. The first kappa shape index (κ1) is 14.4. The van der Waals surface area contributed by atoms with E-state index in [1.54, 1.807) is 36.4 Å². The zero-order valence-corrected chi connectivity index (χ0v) is 11.6. The van der Waals surface area contributed by atoms with Crippen LogP contribution in [0.3, 0.4) is 0 Å². The number of ether oxygens (including phenoxy) is 1. The van der Waals surface area contributed by atoms with E-state index >= 15 is 0 Å². The molecule has 0 aliphatic rings. The van der Waals surface area contributed by atoms with Crippen molar-refractivity contribution >= 4 is 17.6 Å². The number of rotatable bonds is 4. The summed E-state index contributed by atoms with van der Waals surface area (Å²) in [6.45, 7) is 3.49. The number of esters is 1. The molecule has 20 heavy (non-hydrogen) atoms. The first-order chi connectivity index (χ1) is 9.52. The summed E-state index contributed by atoms with van der Waals surface area (Å²) >= 11 is 5.81. The number of aliphatic hydroxyl groups excluding tert-OH is 1. The molecular formula is C15H13ClO4. The quantitative estimate of drug-likeness (QED) is 0.693. The second-order valence-corrected chi connectivity index (χ2v) is 4.56. The largest absolute Gasteiger partial charge is 0.466 e. The monoisotopic (exact) mass is 292 g/mol. The molecule has 0 aliphatic heterocycles. The topological polar surface area (TPSA) is 59.7 Å². The number of benzene rings is 1. The first-order valence-corrected chi connectivity index (χ1v) is 6.21. The van der Waals surface area contributed by atoms with Crippen molar-refractivity contribution < 1.29 is 19.1 Å². The molecule has 0 bridgehead atoms. The fraction of sp³-hybridized carbons (Fsp3) is 0.133. The molecule has 5 heteroatoms. The van der Waals surface area contributed by atoms with Crippen molar-refractivity contribution in [2.24, 2.45) is 0 Å². The van der Waals surface area contributed by atoms with Crippen LogP contribution in [0, 0.1) is 0 Å². The molecule has 2 aromatic rings. The summed E-state index contributed by atoms with van der Waals surface area (Å²) in [4.78, 5) is 11.3. The molecule has 1 aromatic carbocycles. The van der Waals surface area contributed by atoms with Crippen molar-refractivity contribution in [1.29, 1.82) is 0 Å². The van der Waals surface area contributed by atoms with Crippen LogP contribution >= 0.6 is 11.6 Å². The van der Waals surface area contributed by atoms with Crippen LogP contribution in [0.2, 0.25) is 5.02 Å². The van der Waals surface area contributed by atoms with E-state index in [0.29, 0.717) is 10.8 Å². The molecule has 104 valence electrons. The van der Waals surface area contributed by atoms with Gasteiger partial charge in [-0.25, -0.2) is 4.79 Å². The van der Waals surface area contributed by atoms with Crippen molar-refractivity contribution in [2.75, 3.05) is 7.11 Å². The second kappa shape index (κ2) is 5.94. The van der Waals surface area contributed by atoms with Gasteiger partial charge >= 0.3 is 5.97 Å². The van der Waals surface area contributed by atoms with E-state index in [0.717, 1.165) is 5.56 Å². The van der Waals surface area contributed by atoms with E-state index in [1.165, 1.54) is 7.11 Å². The molecule has 2 rings (SSSR count). The Morgan fingerprint density at radius 1 is 1.30 bits per heavy atom. The van der Waals surface area contributed by atoms with Crippen molar-refractivity contribution in [1.82, 2.24) is 0 Å². The Bertz CT molecular complexity index is 628. The maximum atomic E-state index is 11.3. The van der Waals surface area contributed by atoms with Crippen LogP contribution in [0.1, 0.15) is 11.9 Å². The van der Waals surface area contributed by atoms with Gasteiger partial charge in [0, 0.05) is 10.6 Å². The van der Waals surface area contributed by atoms with Gasteiger partial charge in [0.15, 0.2) is 0 Å². The Kier molecular flexibility index (Phi) is 4.27. The van der Waals surface area contributed by atoms with Gasteiger partial charge in [0.2, 0.25) is 0 Å². The Hall–Kier alpha value is -2.04. The van der Waals surface area contributed by atoms with E-state index < -0.39 is 12.1 Å². The van der Waals surface area contributed by atoms with Crippen molar-refractivity contribution in [2.45, 2.75) is 6.10 Å². The zero-order valence-electron chi connectivity index (χ0n) is 10.8. The predicted molar refractivity (Wildman–Crippen MR) is 75.3 cm³/mol. The highest BCUT2D eigenvalue weighted by Gasteiger charge is 2.22. The third-order valence-corrected chi connectivity index (χ3v) is 3.05. The van der Waals surface area contributed by atoms with Gasteiger partial charge in [0.1, 0.15) is 17.6 Å². The van der Waals surface area contributed by atoms with Gasteiger partial charge in [-0.2, -0.15) is 0 Å². The van der Waals surface area contributed by atoms with E-state index in [1.807, 2.05) is 0 Å². The average Bonchev–Trinajstić information content (AvgIpc) is 2.95. The van der Waals surface area contributed by atoms with Gasteiger partial charge in [-0.1, -0.05) is 18.2 Å². The number of methoxy groups -OCH3 is 1. The summed E-state index contributed by atoms with van der Waals surface area (Å²) in [5.41, 5.74) is 0.737. The maximum absolute atomic E-state index is 11.3. The lowest BCUT2D eigenvalue weighted by molar-refractivity contribution is -0.137. The fourth-order valence-electron chi connectivity index (χ4n) is 1.68. The summed E-state index contributed by atoms with van der Waals surface area (Å²) in [6.07, 6.45) is -1.23. The summed E-state index contributed by atoms with van der Waals surface area (Å²) < 4.78 is 10.0. The Morgan fingerprint density at radius 3 is 2.55 bits per heavy atom. The van der Waals surface area contributed by atoms with Crippen LogP contribution in [0.5, 0.6) is 0 Å². The smallest absolute Gasteiger partial charge is 0.336 e. The maximum Gasteiger partial charge on any atom is 0.336 e. The normalized spacial score (nSPS) is 11.9. The number of hydrogen-bond acceptors (Lipinski definition) is 4. The molecule has 0 saturated carbocycles. The minimum atomic E-state index is -1.23. The highest BCUT2D eigenvalue weighted by atomic mass is 35.5. The molecule has 0 saturated heterocycles. The third-order valence-electron chi connectivity index (χ3n) is 2.80. The molecular weight excluding hydrogens is 280 g/mol. The second-order valence-electron chi connectivity index (χ2n) is 4.13. The van der Waals surface area contributed by atoms with E-state index in [4.69, 9.17) is 16.0 Å². The molecule has 0 aliphatic carbocycles. The lowest BCUT2D eigenvalue weighted by atomic mass is 10.1. The molecule has 1 aromatic heterocycles. The molecule has 0 spiro atoms. The standard InChI is InChI=1S/C15H13ClO4/c1-9(15(18)19-2)14(17)13-8-7-12(20-13)10-3-5-11(16)6-4-10/h3-8,14,17H,1H2,2H3. The van der Waals surface area contributed by atoms with Gasteiger partial charge in [-0.3, -0.25) is 0 Å². The molecule has 1 heterocycles. The van der Waals surface area contributed by atoms with Gasteiger partial charge in [-0.05, 0) is 36.4 Å². The van der Waals surface area contributed by atoms with Crippen LogP contribution < -0.4 is 0 Å². The summed E-state index contributed by atoms with van der Waals surface area (Å²) in [7, 11) is 1.22. The molecule has 0 fully saturated rings. The van der Waals surface area contributed by atoms with Gasteiger partial charge in [-0.15, -0.1) is 0 Å². The molecule has 0 amide bonds. The van der Waals surface area contributed by atoms with Crippen molar-refractivity contribution in [3.8, 4) is 11.3 Å². The highest BCUT2D eigenvalue weighted by Crippen LogP contribution is 2.29. The Labute approximate surface area is 121 Å². The van der Waals surface area contributed by atoms with Gasteiger partial charge in [0.05, 0.1) is 12.7 Å². The van der Waals surface area contributed by atoms with Crippen molar-refractivity contribution in [3.63, 3.8) is 0 Å². The molecule has 4 nitrogen and oxygen atoms in total. The van der Waals surface area contributed by atoms with E-state index in [-0.39, 0.29) is 11.3 Å². The number of carbonyl (C=O) groups excluding carboxylic acids is 1. The van der Waals surface area contributed by atoms with Crippen molar-refractivity contribution in [3.05, 3.63) is 59.3 Å². The van der Waals surface area contributed by atoms with E-state index in [2.05, 4.69) is 11.3 Å². The molecule has 1 unspecified atom stereocenters. The van der Waals surface area contributed by atoms with Crippen LogP contribution in [0.25, 0.3) is 11.3 Å². The Morgan fingerprint density at radius 2 is 1.95 bits per heavy atom. The Balaban J connectivity index is 2.22. The minimum absolute atomic E-state index is 0.0792. The SMILES string of the molecule is C=C(C(=O)OC)C(O)c1ccc(-c2ccc(Cl)cc2)o1.